The Labute approximate surface area is 78.9 Å². The lowest BCUT2D eigenvalue weighted by molar-refractivity contribution is 0.0897. The highest BCUT2D eigenvalue weighted by Crippen LogP contribution is 2.30. The molecular weight excluding hydrogens is 192 g/mol. The van der Waals surface area contributed by atoms with Gasteiger partial charge in [0.1, 0.15) is 0 Å². The summed E-state index contributed by atoms with van der Waals surface area (Å²) in [4.78, 5) is 0. The van der Waals surface area contributed by atoms with Gasteiger partial charge in [0, 0.05) is 13.6 Å². The second-order valence-corrected chi connectivity index (χ2v) is 5.54. The number of nitrogens with one attached hydrogen (secondary N) is 1. The van der Waals surface area contributed by atoms with E-state index < -0.39 is 21.9 Å². The molecule has 1 rings (SSSR count). The lowest BCUT2D eigenvalue weighted by Crippen LogP contribution is -2.51. The van der Waals surface area contributed by atoms with Crippen LogP contribution in [0.25, 0.3) is 0 Å². The molecule has 0 amide bonds. The molecule has 0 spiro atoms. The minimum atomic E-state index is -3.42. The van der Waals surface area contributed by atoms with E-state index in [0.717, 1.165) is 0 Å². The Kier molecular flexibility index (Phi) is 2.68. The van der Waals surface area contributed by atoms with E-state index in [4.69, 9.17) is 0 Å². The molecule has 1 fully saturated rings. The highest BCUT2D eigenvalue weighted by atomic mass is 32.2. The third-order valence-corrected chi connectivity index (χ3v) is 4.36. The van der Waals surface area contributed by atoms with Crippen LogP contribution < -0.4 is 4.72 Å². The minimum Gasteiger partial charge on any atom is -0.391 e. The number of aliphatic hydroxyl groups is 1. The maximum absolute atomic E-state index is 11.5. The average Bonchev–Trinajstić information content (AvgIpc) is 2.28. The second kappa shape index (κ2) is 3.20. The van der Waals surface area contributed by atoms with E-state index in [0.29, 0.717) is 13.0 Å². The lowest BCUT2D eigenvalue weighted by atomic mass is 10.0. The molecule has 1 unspecified atom stereocenters. The Bertz CT molecular complexity index is 286. The summed E-state index contributed by atoms with van der Waals surface area (Å²) in [6.07, 6.45) is -0.0934. The van der Waals surface area contributed by atoms with Gasteiger partial charge in [-0.05, 0) is 20.3 Å². The molecule has 2 N–H and O–H groups in total. The van der Waals surface area contributed by atoms with Crippen molar-refractivity contribution in [2.75, 3.05) is 13.6 Å². The minimum absolute atomic E-state index is 0.372. The quantitative estimate of drug-likeness (QED) is 0.630. The number of nitrogens with zero attached hydrogens (tertiary/aromatic N) is 1. The summed E-state index contributed by atoms with van der Waals surface area (Å²) in [5, 5.41) is 9.55. The van der Waals surface area contributed by atoms with Gasteiger partial charge in [0.15, 0.2) is 0 Å². The number of hydrogen-bond acceptors (Lipinski definition) is 3. The van der Waals surface area contributed by atoms with Gasteiger partial charge in [-0.2, -0.15) is 12.7 Å². The third kappa shape index (κ3) is 1.71. The first-order valence-corrected chi connectivity index (χ1v) is 5.66. The summed E-state index contributed by atoms with van der Waals surface area (Å²) in [7, 11) is -2.04. The van der Waals surface area contributed by atoms with E-state index in [9.17, 15) is 13.5 Å². The van der Waals surface area contributed by atoms with Crippen LogP contribution in [0.1, 0.15) is 20.3 Å². The van der Waals surface area contributed by atoms with Gasteiger partial charge in [-0.15, -0.1) is 0 Å². The van der Waals surface area contributed by atoms with Gasteiger partial charge in [0.25, 0.3) is 10.2 Å². The molecule has 0 bridgehead atoms. The van der Waals surface area contributed by atoms with Crippen LogP contribution in [-0.4, -0.2) is 43.1 Å². The van der Waals surface area contributed by atoms with Crippen LogP contribution in [0.2, 0.25) is 0 Å². The highest BCUT2D eigenvalue weighted by Gasteiger charge is 2.45. The van der Waals surface area contributed by atoms with E-state index >= 15 is 0 Å². The predicted octanol–water partition coefficient (Wildman–Crippen LogP) is -0.704. The van der Waals surface area contributed by atoms with Gasteiger partial charge in [-0.1, -0.05) is 0 Å². The van der Waals surface area contributed by atoms with Crippen LogP contribution in [0, 0.1) is 0 Å². The summed E-state index contributed by atoms with van der Waals surface area (Å²) in [5.41, 5.74) is -0.707. The zero-order valence-corrected chi connectivity index (χ0v) is 8.93. The molecule has 1 saturated heterocycles. The summed E-state index contributed by atoms with van der Waals surface area (Å²) >= 11 is 0. The normalized spacial score (nSPS) is 29.4. The molecule has 6 heteroatoms. The van der Waals surface area contributed by atoms with Crippen molar-refractivity contribution in [1.29, 1.82) is 0 Å². The highest BCUT2D eigenvalue weighted by molar-refractivity contribution is 7.87. The first kappa shape index (κ1) is 10.9. The van der Waals surface area contributed by atoms with E-state index in [1.165, 1.54) is 11.4 Å². The Morgan fingerprint density at radius 2 is 2.08 bits per heavy atom. The van der Waals surface area contributed by atoms with Gasteiger partial charge in [-0.3, -0.25) is 0 Å². The van der Waals surface area contributed by atoms with Crippen molar-refractivity contribution >= 4 is 10.2 Å². The standard InChI is InChI=1S/C7H16N2O3S/c1-7(2)6(10)4-5-9(7)13(11,12)8-3/h6,8,10H,4-5H2,1-3H3. The van der Waals surface area contributed by atoms with Crippen molar-refractivity contribution in [3.63, 3.8) is 0 Å². The molecule has 1 aliphatic rings. The molecule has 0 aromatic rings. The Hall–Kier alpha value is -0.170. The first-order valence-electron chi connectivity index (χ1n) is 4.21. The van der Waals surface area contributed by atoms with Crippen molar-refractivity contribution < 1.29 is 13.5 Å². The summed E-state index contributed by atoms with van der Waals surface area (Å²) < 4.78 is 26.5. The molecule has 1 aliphatic heterocycles. The fourth-order valence-electron chi connectivity index (χ4n) is 1.59. The molecule has 0 aliphatic carbocycles. The molecule has 5 nitrogen and oxygen atoms in total. The van der Waals surface area contributed by atoms with Gasteiger partial charge < -0.3 is 5.11 Å². The van der Waals surface area contributed by atoms with Crippen LogP contribution in [-0.2, 0) is 10.2 Å². The topological polar surface area (TPSA) is 69.6 Å². The smallest absolute Gasteiger partial charge is 0.279 e. The summed E-state index contributed by atoms with van der Waals surface area (Å²) in [5.74, 6) is 0. The van der Waals surface area contributed by atoms with Crippen LogP contribution in [0.5, 0.6) is 0 Å². The van der Waals surface area contributed by atoms with E-state index in [1.54, 1.807) is 13.8 Å². The van der Waals surface area contributed by atoms with Crippen LogP contribution in [0.4, 0.5) is 0 Å². The molecular formula is C7H16N2O3S. The van der Waals surface area contributed by atoms with Gasteiger partial charge in [0.05, 0.1) is 11.6 Å². The largest absolute Gasteiger partial charge is 0.391 e. The van der Waals surface area contributed by atoms with Gasteiger partial charge >= 0.3 is 0 Å². The number of hydrogen-bond donors (Lipinski definition) is 2. The fourth-order valence-corrected chi connectivity index (χ4v) is 2.89. The Morgan fingerprint density at radius 1 is 1.54 bits per heavy atom. The number of rotatable bonds is 2. The molecule has 13 heavy (non-hydrogen) atoms. The van der Waals surface area contributed by atoms with E-state index in [2.05, 4.69) is 4.72 Å². The monoisotopic (exact) mass is 208 g/mol. The van der Waals surface area contributed by atoms with Crippen molar-refractivity contribution in [3.05, 3.63) is 0 Å². The number of aliphatic hydroxyl groups excluding tert-OH is 1. The van der Waals surface area contributed by atoms with Gasteiger partial charge in [-0.25, -0.2) is 4.72 Å². The fraction of sp³-hybridized carbons (Fsp3) is 1.00. The molecule has 78 valence electrons. The zero-order chi connectivity index (χ0) is 10.3. The average molecular weight is 208 g/mol. The lowest BCUT2D eigenvalue weighted by Gasteiger charge is -2.32. The summed E-state index contributed by atoms with van der Waals surface area (Å²) in [6, 6.07) is 0. The van der Waals surface area contributed by atoms with Crippen molar-refractivity contribution in [1.82, 2.24) is 9.03 Å². The molecule has 0 aromatic carbocycles. The molecule has 0 aromatic heterocycles. The Morgan fingerprint density at radius 3 is 2.38 bits per heavy atom. The maximum atomic E-state index is 11.5. The van der Waals surface area contributed by atoms with Crippen LogP contribution >= 0.6 is 0 Å². The van der Waals surface area contributed by atoms with Crippen molar-refractivity contribution in [2.45, 2.75) is 31.9 Å². The third-order valence-electron chi connectivity index (χ3n) is 2.61. The molecule has 0 saturated carbocycles. The predicted molar refractivity (Wildman–Crippen MR) is 49.4 cm³/mol. The van der Waals surface area contributed by atoms with E-state index in [1.807, 2.05) is 0 Å². The summed E-state index contributed by atoms with van der Waals surface area (Å²) in [6.45, 7) is 3.82. The van der Waals surface area contributed by atoms with Gasteiger partial charge in [0.2, 0.25) is 0 Å². The molecule has 0 radical (unpaired) electrons. The molecule has 1 heterocycles. The first-order chi connectivity index (χ1) is 5.82. The van der Waals surface area contributed by atoms with Crippen LogP contribution in [0.15, 0.2) is 0 Å². The Balaban J connectivity index is 2.97. The van der Waals surface area contributed by atoms with Crippen molar-refractivity contribution in [3.8, 4) is 0 Å². The van der Waals surface area contributed by atoms with Crippen molar-refractivity contribution in [2.24, 2.45) is 0 Å². The zero-order valence-electron chi connectivity index (χ0n) is 8.11. The van der Waals surface area contributed by atoms with E-state index in [-0.39, 0.29) is 0 Å². The maximum Gasteiger partial charge on any atom is 0.279 e. The SMILES string of the molecule is CNS(=O)(=O)N1CCC(O)C1(C)C. The molecule has 1 atom stereocenters. The second-order valence-electron chi connectivity index (χ2n) is 3.74. The van der Waals surface area contributed by atoms with Crippen LogP contribution in [0.3, 0.4) is 0 Å².